The Bertz CT molecular complexity index is 739. The van der Waals surface area contributed by atoms with Gasteiger partial charge in [-0.1, -0.05) is 56.5 Å². The maximum Gasteiger partial charge on any atom is 0.290 e. The second-order valence-electron chi connectivity index (χ2n) is 7.64. The van der Waals surface area contributed by atoms with Crippen molar-refractivity contribution in [1.82, 2.24) is 9.80 Å². The van der Waals surface area contributed by atoms with Crippen LogP contribution in [0.25, 0.3) is 0 Å². The number of hydrogen-bond acceptors (Lipinski definition) is 4. The van der Waals surface area contributed by atoms with Gasteiger partial charge in [0, 0.05) is 11.6 Å². The molecule has 0 spiro atoms. The molecule has 29 heavy (non-hydrogen) atoms. The van der Waals surface area contributed by atoms with Crippen LogP contribution in [0.1, 0.15) is 64.5 Å². The number of benzene rings is 1. The van der Waals surface area contributed by atoms with Gasteiger partial charge in [0.1, 0.15) is 0 Å². The monoisotopic (exact) mass is 420 g/mol. The van der Waals surface area contributed by atoms with Crippen LogP contribution in [0.4, 0.5) is 0 Å². The number of aliphatic hydroxyl groups is 1. The number of Topliss-reactive ketones (excluding diaryl/α,β-unsaturated/α-hetero) is 1. The molecule has 1 aliphatic rings. The highest BCUT2D eigenvalue weighted by Gasteiger charge is 2.42. The molecule has 0 saturated heterocycles. The normalized spacial score (nSPS) is 16.9. The van der Waals surface area contributed by atoms with Crippen LogP contribution in [0.15, 0.2) is 35.6 Å². The lowest BCUT2D eigenvalue weighted by Crippen LogP contribution is -2.35. The summed E-state index contributed by atoms with van der Waals surface area (Å²) in [5.74, 6) is -1.25. The molecule has 2 rings (SSSR count). The van der Waals surface area contributed by atoms with E-state index in [-0.39, 0.29) is 11.4 Å². The van der Waals surface area contributed by atoms with Crippen molar-refractivity contribution in [2.75, 3.05) is 26.2 Å². The average molecular weight is 421 g/mol. The molecule has 5 nitrogen and oxygen atoms in total. The average Bonchev–Trinajstić information content (AvgIpc) is 2.94. The third kappa shape index (κ3) is 5.83. The summed E-state index contributed by atoms with van der Waals surface area (Å²) in [5, 5.41) is 10.9. The summed E-state index contributed by atoms with van der Waals surface area (Å²) < 4.78 is 0. The summed E-state index contributed by atoms with van der Waals surface area (Å²) in [6, 6.07) is 6.55. The largest absolute Gasteiger partial charge is 0.503 e. The zero-order chi connectivity index (χ0) is 21.4. The molecule has 0 bridgehead atoms. The summed E-state index contributed by atoms with van der Waals surface area (Å²) in [6.07, 6.45) is 5.40. The number of carbonyl (C=O) groups excluding carboxylic acids is 2. The molecule has 1 aromatic carbocycles. The van der Waals surface area contributed by atoms with Crippen LogP contribution in [0.5, 0.6) is 0 Å². The number of aliphatic hydroxyl groups excluding tert-OH is 1. The lowest BCUT2D eigenvalue weighted by molar-refractivity contribution is -0.129. The quantitative estimate of drug-likeness (QED) is 0.521. The maximum absolute atomic E-state index is 12.7. The van der Waals surface area contributed by atoms with Gasteiger partial charge in [0.15, 0.2) is 11.5 Å². The third-order valence-corrected chi connectivity index (χ3v) is 5.76. The SMILES string of the molecule is CCCCN(CCCC)CCCN1C(=O)C(O)=C(C(C)=O)[C@@H]1c1ccccc1Cl. The van der Waals surface area contributed by atoms with Crippen molar-refractivity contribution >= 4 is 23.3 Å². The zero-order valence-electron chi connectivity index (χ0n) is 17.8. The Labute approximate surface area is 179 Å². The summed E-state index contributed by atoms with van der Waals surface area (Å²) in [6.45, 7) is 9.21. The number of carbonyl (C=O) groups is 2. The highest BCUT2D eigenvalue weighted by atomic mass is 35.5. The number of halogens is 1. The zero-order valence-corrected chi connectivity index (χ0v) is 18.5. The van der Waals surface area contributed by atoms with E-state index in [1.807, 2.05) is 18.2 Å². The molecular formula is C23H33ClN2O3. The van der Waals surface area contributed by atoms with Crippen molar-refractivity contribution in [1.29, 1.82) is 0 Å². The number of ketones is 1. The summed E-state index contributed by atoms with van der Waals surface area (Å²) >= 11 is 6.37. The molecule has 6 heteroatoms. The van der Waals surface area contributed by atoms with Gasteiger partial charge in [0.25, 0.3) is 5.91 Å². The van der Waals surface area contributed by atoms with Crippen LogP contribution < -0.4 is 0 Å². The molecule has 1 aromatic rings. The van der Waals surface area contributed by atoms with Gasteiger partial charge in [-0.15, -0.1) is 0 Å². The van der Waals surface area contributed by atoms with Crippen LogP contribution in [0.2, 0.25) is 5.02 Å². The molecule has 0 saturated carbocycles. The Hall–Kier alpha value is -1.85. The Kier molecular flexibility index (Phi) is 9.18. The maximum atomic E-state index is 12.7. The van der Waals surface area contributed by atoms with Crippen LogP contribution in [-0.4, -0.2) is 52.8 Å². The van der Waals surface area contributed by atoms with Crippen LogP contribution in [-0.2, 0) is 9.59 Å². The minimum absolute atomic E-state index is 0.136. The minimum Gasteiger partial charge on any atom is -0.503 e. The summed E-state index contributed by atoms with van der Waals surface area (Å²) in [7, 11) is 0. The smallest absolute Gasteiger partial charge is 0.290 e. The lowest BCUT2D eigenvalue weighted by Gasteiger charge is -2.29. The number of rotatable bonds is 12. The van der Waals surface area contributed by atoms with E-state index in [9.17, 15) is 14.7 Å². The first-order valence-electron chi connectivity index (χ1n) is 10.6. The Morgan fingerprint density at radius 2 is 1.69 bits per heavy atom. The van der Waals surface area contributed by atoms with Crippen LogP contribution in [0, 0.1) is 0 Å². The van der Waals surface area contributed by atoms with Gasteiger partial charge in [0.05, 0.1) is 11.6 Å². The van der Waals surface area contributed by atoms with Crippen molar-refractivity contribution < 1.29 is 14.7 Å². The van der Waals surface area contributed by atoms with Gasteiger partial charge in [0.2, 0.25) is 0 Å². The number of unbranched alkanes of at least 4 members (excludes halogenated alkanes) is 2. The van der Waals surface area contributed by atoms with Gasteiger partial charge in [-0.05, 0) is 57.5 Å². The fourth-order valence-corrected chi connectivity index (χ4v) is 4.07. The molecule has 0 fully saturated rings. The van der Waals surface area contributed by atoms with Crippen molar-refractivity contribution in [2.24, 2.45) is 0 Å². The van der Waals surface area contributed by atoms with Gasteiger partial charge in [-0.2, -0.15) is 0 Å². The van der Waals surface area contributed by atoms with E-state index in [1.54, 1.807) is 11.0 Å². The van der Waals surface area contributed by atoms with E-state index in [1.165, 1.54) is 6.92 Å². The molecule has 0 radical (unpaired) electrons. The Morgan fingerprint density at radius 3 is 2.24 bits per heavy atom. The molecule has 160 valence electrons. The molecular weight excluding hydrogens is 388 g/mol. The summed E-state index contributed by atoms with van der Waals surface area (Å²) in [5.41, 5.74) is 0.808. The van der Waals surface area contributed by atoms with Crippen molar-refractivity contribution in [3.8, 4) is 0 Å². The molecule has 0 aliphatic carbocycles. The van der Waals surface area contributed by atoms with Gasteiger partial charge < -0.3 is 14.9 Å². The highest BCUT2D eigenvalue weighted by Crippen LogP contribution is 2.40. The summed E-state index contributed by atoms with van der Waals surface area (Å²) in [4.78, 5) is 29.0. The van der Waals surface area contributed by atoms with E-state index in [4.69, 9.17) is 11.6 Å². The standard InChI is InChI=1S/C23H33ClN2O3/c1-4-6-13-25(14-7-5-2)15-10-16-26-21(18-11-8-9-12-19(18)24)20(17(3)27)22(28)23(26)29/h8-9,11-12,21,28H,4-7,10,13-16H2,1-3H3/t21-/m0/s1. The van der Waals surface area contributed by atoms with E-state index in [0.29, 0.717) is 17.1 Å². The van der Waals surface area contributed by atoms with Crippen LogP contribution in [0.3, 0.4) is 0 Å². The first kappa shape index (κ1) is 23.4. The molecule has 1 heterocycles. The predicted octanol–water partition coefficient (Wildman–Crippen LogP) is 4.92. The van der Waals surface area contributed by atoms with Gasteiger partial charge in [-0.25, -0.2) is 0 Å². The minimum atomic E-state index is -0.631. The van der Waals surface area contributed by atoms with Crippen molar-refractivity contribution in [3.63, 3.8) is 0 Å². The predicted molar refractivity (Wildman–Crippen MR) is 117 cm³/mol. The van der Waals surface area contributed by atoms with E-state index in [2.05, 4.69) is 18.7 Å². The molecule has 0 aromatic heterocycles. The van der Waals surface area contributed by atoms with E-state index in [0.717, 1.165) is 51.7 Å². The first-order valence-corrected chi connectivity index (χ1v) is 11.0. The highest BCUT2D eigenvalue weighted by molar-refractivity contribution is 6.31. The second kappa shape index (κ2) is 11.4. The first-order chi connectivity index (χ1) is 13.9. The Balaban J connectivity index is 2.16. The fourth-order valence-electron chi connectivity index (χ4n) is 3.83. The van der Waals surface area contributed by atoms with Crippen LogP contribution >= 0.6 is 11.6 Å². The molecule has 1 atom stereocenters. The number of hydrogen-bond donors (Lipinski definition) is 1. The van der Waals surface area contributed by atoms with Crippen molar-refractivity contribution in [2.45, 2.75) is 58.9 Å². The van der Waals surface area contributed by atoms with Crippen molar-refractivity contribution in [3.05, 3.63) is 46.2 Å². The van der Waals surface area contributed by atoms with Gasteiger partial charge >= 0.3 is 0 Å². The molecule has 0 unspecified atom stereocenters. The molecule has 1 aliphatic heterocycles. The lowest BCUT2D eigenvalue weighted by atomic mass is 9.96. The van der Waals surface area contributed by atoms with Gasteiger partial charge in [-0.3, -0.25) is 9.59 Å². The molecule has 1 N–H and O–H groups in total. The Morgan fingerprint density at radius 1 is 1.10 bits per heavy atom. The molecule has 1 amide bonds. The number of amides is 1. The topological polar surface area (TPSA) is 60.9 Å². The third-order valence-electron chi connectivity index (χ3n) is 5.41. The number of nitrogens with zero attached hydrogens (tertiary/aromatic N) is 2. The van der Waals surface area contributed by atoms with E-state index >= 15 is 0 Å². The van der Waals surface area contributed by atoms with E-state index < -0.39 is 17.7 Å². The second-order valence-corrected chi connectivity index (χ2v) is 8.05. The fraction of sp³-hybridized carbons (Fsp3) is 0.565.